The molecule has 0 spiro atoms. The molecule has 2 N–H and O–H groups in total. The number of hydrogen-bond donors (Lipinski definition) is 2. The van der Waals surface area contributed by atoms with E-state index in [1.165, 1.54) is 35.8 Å². The number of hydrazone groups is 1. The van der Waals surface area contributed by atoms with Gasteiger partial charge in [0.2, 0.25) is 0 Å². The molecule has 21 heavy (non-hydrogen) atoms. The standard InChI is InChI=1S/C14H12FN3O2S/c15-12-6-2-1-5-11(12)14(20)16-9-13(19)18-17-8-10-4-3-7-21-10/h1-8H,9H2,(H,16,20)(H,18,19)/b17-8+. The van der Waals surface area contributed by atoms with E-state index in [0.717, 1.165) is 4.88 Å². The maximum Gasteiger partial charge on any atom is 0.259 e. The summed E-state index contributed by atoms with van der Waals surface area (Å²) < 4.78 is 13.3. The summed E-state index contributed by atoms with van der Waals surface area (Å²) >= 11 is 1.48. The van der Waals surface area contributed by atoms with E-state index in [4.69, 9.17) is 0 Å². The maximum atomic E-state index is 13.3. The second-order valence-electron chi connectivity index (χ2n) is 3.97. The Kier molecular flexibility index (Phi) is 5.16. The highest BCUT2D eigenvalue weighted by Crippen LogP contribution is 2.05. The highest BCUT2D eigenvalue weighted by molar-refractivity contribution is 7.11. The van der Waals surface area contributed by atoms with Crippen molar-refractivity contribution in [2.45, 2.75) is 0 Å². The Labute approximate surface area is 124 Å². The van der Waals surface area contributed by atoms with Crippen molar-refractivity contribution in [2.24, 2.45) is 5.10 Å². The summed E-state index contributed by atoms with van der Waals surface area (Å²) in [6, 6.07) is 9.27. The highest BCUT2D eigenvalue weighted by atomic mass is 32.1. The number of halogens is 1. The van der Waals surface area contributed by atoms with E-state index in [2.05, 4.69) is 15.8 Å². The van der Waals surface area contributed by atoms with E-state index >= 15 is 0 Å². The first-order valence-corrected chi connectivity index (χ1v) is 6.93. The van der Waals surface area contributed by atoms with Crippen molar-refractivity contribution >= 4 is 29.4 Å². The van der Waals surface area contributed by atoms with Crippen molar-refractivity contribution in [1.82, 2.24) is 10.7 Å². The first kappa shape index (κ1) is 14.9. The normalized spacial score (nSPS) is 10.5. The van der Waals surface area contributed by atoms with Crippen LogP contribution in [0.2, 0.25) is 0 Å². The molecule has 0 atom stereocenters. The van der Waals surface area contributed by atoms with Crippen LogP contribution in [0.25, 0.3) is 0 Å². The molecule has 108 valence electrons. The minimum atomic E-state index is -0.648. The fraction of sp³-hybridized carbons (Fsp3) is 0.0714. The van der Waals surface area contributed by atoms with Gasteiger partial charge in [0, 0.05) is 4.88 Å². The minimum Gasteiger partial charge on any atom is -0.343 e. The predicted molar refractivity (Wildman–Crippen MR) is 78.8 cm³/mol. The smallest absolute Gasteiger partial charge is 0.259 e. The lowest BCUT2D eigenvalue weighted by atomic mass is 10.2. The van der Waals surface area contributed by atoms with Crippen molar-refractivity contribution in [3.8, 4) is 0 Å². The van der Waals surface area contributed by atoms with Crippen molar-refractivity contribution in [3.63, 3.8) is 0 Å². The van der Waals surface area contributed by atoms with Gasteiger partial charge < -0.3 is 5.32 Å². The summed E-state index contributed by atoms with van der Waals surface area (Å²) in [5, 5.41) is 7.95. The molecule has 1 aromatic carbocycles. The summed E-state index contributed by atoms with van der Waals surface area (Å²) in [7, 11) is 0. The van der Waals surface area contributed by atoms with Crippen LogP contribution in [-0.2, 0) is 4.79 Å². The van der Waals surface area contributed by atoms with E-state index < -0.39 is 17.6 Å². The lowest BCUT2D eigenvalue weighted by Gasteiger charge is -2.04. The molecule has 5 nitrogen and oxygen atoms in total. The van der Waals surface area contributed by atoms with Gasteiger partial charge in [-0.25, -0.2) is 9.82 Å². The third-order valence-electron chi connectivity index (χ3n) is 2.45. The number of carbonyl (C=O) groups excluding carboxylic acids is 2. The fourth-order valence-corrected chi connectivity index (χ4v) is 2.06. The molecule has 0 unspecified atom stereocenters. The predicted octanol–water partition coefficient (Wildman–Crippen LogP) is 1.77. The molecule has 2 rings (SSSR count). The zero-order valence-electron chi connectivity index (χ0n) is 10.9. The number of carbonyl (C=O) groups is 2. The molecule has 0 aliphatic heterocycles. The first-order valence-electron chi connectivity index (χ1n) is 6.05. The van der Waals surface area contributed by atoms with E-state index in [9.17, 15) is 14.0 Å². The number of hydrogen-bond acceptors (Lipinski definition) is 4. The number of nitrogens with one attached hydrogen (secondary N) is 2. The molecule has 1 aromatic heterocycles. The zero-order valence-corrected chi connectivity index (χ0v) is 11.7. The number of nitrogens with zero attached hydrogens (tertiary/aromatic N) is 1. The average molecular weight is 305 g/mol. The van der Waals surface area contributed by atoms with Gasteiger partial charge in [0.15, 0.2) is 0 Å². The highest BCUT2D eigenvalue weighted by Gasteiger charge is 2.11. The second kappa shape index (κ2) is 7.30. The Bertz CT molecular complexity index is 656. The van der Waals surface area contributed by atoms with Crippen molar-refractivity contribution in [2.75, 3.05) is 6.54 Å². The van der Waals surface area contributed by atoms with Crippen molar-refractivity contribution in [3.05, 3.63) is 58.0 Å². The Balaban J connectivity index is 1.79. The summed E-state index contributed by atoms with van der Waals surface area (Å²) in [5.74, 6) is -1.77. The van der Waals surface area contributed by atoms with E-state index in [0.29, 0.717) is 0 Å². The van der Waals surface area contributed by atoms with Gasteiger partial charge in [0.25, 0.3) is 11.8 Å². The topological polar surface area (TPSA) is 70.6 Å². The SMILES string of the molecule is O=C(CNC(=O)c1ccccc1F)N/N=C/c1cccs1. The molecule has 0 aliphatic carbocycles. The third-order valence-corrected chi connectivity index (χ3v) is 3.26. The molecule has 2 amide bonds. The molecule has 0 aliphatic rings. The summed E-state index contributed by atoms with van der Waals surface area (Å²) in [6.07, 6.45) is 1.50. The van der Waals surface area contributed by atoms with Crippen molar-refractivity contribution in [1.29, 1.82) is 0 Å². The van der Waals surface area contributed by atoms with Gasteiger partial charge in [-0.2, -0.15) is 5.10 Å². The molecule has 0 fully saturated rings. The molecule has 1 heterocycles. The van der Waals surface area contributed by atoms with Gasteiger partial charge in [-0.1, -0.05) is 18.2 Å². The van der Waals surface area contributed by atoms with E-state index in [-0.39, 0.29) is 12.1 Å². The number of benzene rings is 1. The molecule has 0 saturated carbocycles. The lowest BCUT2D eigenvalue weighted by Crippen LogP contribution is -2.35. The fourth-order valence-electron chi connectivity index (χ4n) is 1.47. The van der Waals surface area contributed by atoms with Crippen LogP contribution in [0.4, 0.5) is 4.39 Å². The zero-order chi connectivity index (χ0) is 15.1. The summed E-state index contributed by atoms with van der Waals surface area (Å²) in [6.45, 7) is -0.283. The van der Waals surface area contributed by atoms with Gasteiger partial charge in [-0.3, -0.25) is 9.59 Å². The molecule has 2 aromatic rings. The quantitative estimate of drug-likeness (QED) is 0.653. The molecule has 7 heteroatoms. The molecule has 0 saturated heterocycles. The van der Waals surface area contributed by atoms with Crippen LogP contribution in [0.3, 0.4) is 0 Å². The van der Waals surface area contributed by atoms with Crippen LogP contribution in [0.5, 0.6) is 0 Å². The van der Waals surface area contributed by atoms with Crippen LogP contribution in [-0.4, -0.2) is 24.6 Å². The molecule has 0 bridgehead atoms. The number of amides is 2. The maximum absolute atomic E-state index is 13.3. The van der Waals surface area contributed by atoms with E-state index in [1.807, 2.05) is 17.5 Å². The first-order chi connectivity index (χ1) is 10.2. The molecular weight excluding hydrogens is 293 g/mol. The third kappa shape index (κ3) is 4.50. The molecule has 0 radical (unpaired) electrons. The average Bonchev–Trinajstić information content (AvgIpc) is 2.98. The van der Waals surface area contributed by atoms with Crippen LogP contribution < -0.4 is 10.7 Å². The number of rotatable bonds is 5. The van der Waals surface area contributed by atoms with Gasteiger partial charge in [0.1, 0.15) is 5.82 Å². The Morgan fingerprint density at radius 1 is 1.24 bits per heavy atom. The number of thiophene rings is 1. The minimum absolute atomic E-state index is 0.104. The Hall–Kier alpha value is -2.54. The lowest BCUT2D eigenvalue weighted by molar-refractivity contribution is -0.120. The monoisotopic (exact) mass is 305 g/mol. The van der Waals surface area contributed by atoms with Gasteiger partial charge in [-0.05, 0) is 23.6 Å². The van der Waals surface area contributed by atoms with Gasteiger partial charge >= 0.3 is 0 Å². The van der Waals surface area contributed by atoms with Crippen LogP contribution in [0.1, 0.15) is 15.2 Å². The van der Waals surface area contributed by atoms with E-state index in [1.54, 1.807) is 6.07 Å². The van der Waals surface area contributed by atoms with Gasteiger partial charge in [-0.15, -0.1) is 11.3 Å². The van der Waals surface area contributed by atoms with Crippen LogP contribution >= 0.6 is 11.3 Å². The summed E-state index contributed by atoms with van der Waals surface area (Å²) in [5.41, 5.74) is 2.17. The Morgan fingerprint density at radius 2 is 2.05 bits per heavy atom. The summed E-state index contributed by atoms with van der Waals surface area (Å²) in [4.78, 5) is 24.0. The largest absolute Gasteiger partial charge is 0.343 e. The van der Waals surface area contributed by atoms with Crippen LogP contribution in [0, 0.1) is 5.82 Å². The van der Waals surface area contributed by atoms with Crippen molar-refractivity contribution < 1.29 is 14.0 Å². The molecular formula is C14H12FN3O2S. The van der Waals surface area contributed by atoms with Gasteiger partial charge in [0.05, 0.1) is 18.3 Å². The van der Waals surface area contributed by atoms with Crippen LogP contribution in [0.15, 0.2) is 46.9 Å². The Morgan fingerprint density at radius 3 is 2.76 bits per heavy atom. The second-order valence-corrected chi connectivity index (χ2v) is 4.95.